The number of unbranched alkanes of at least 4 members (excludes halogenated alkanes) is 2. The van der Waals surface area contributed by atoms with E-state index in [2.05, 4.69) is 6.92 Å². The van der Waals surface area contributed by atoms with Gasteiger partial charge in [-0.3, -0.25) is 6.29 Å². The van der Waals surface area contributed by atoms with Crippen molar-refractivity contribution in [2.24, 2.45) is 0 Å². The minimum absolute atomic E-state index is 0. The summed E-state index contributed by atoms with van der Waals surface area (Å²) in [5.41, 5.74) is 0. The Morgan fingerprint density at radius 3 is 1.82 bits per heavy atom. The average Bonchev–Trinajstić information content (AvgIpc) is 1.86. The standard InChI is InChI=1S/C5H9O.C2H6O.BrH.Zn/c1-2-3-4-5-6;1-2-3;;/h2-4H2,1H3;3H,2H2,1H3;1H;/q-1;;;. The maximum absolute atomic E-state index is 9.44. The van der Waals surface area contributed by atoms with Crippen LogP contribution in [0.3, 0.4) is 0 Å². The summed E-state index contributed by atoms with van der Waals surface area (Å²) in [6.07, 6.45) is 4.51. The molecule has 0 aliphatic rings. The van der Waals surface area contributed by atoms with Crippen LogP contribution in [0.25, 0.3) is 0 Å². The summed E-state index contributed by atoms with van der Waals surface area (Å²) in [6, 6.07) is 0. The molecular formula is C7H16BrO2Zn-. The molecule has 2 nitrogen and oxygen atoms in total. The van der Waals surface area contributed by atoms with Crippen LogP contribution in [0.2, 0.25) is 0 Å². The predicted molar refractivity (Wildman–Crippen MR) is 48.3 cm³/mol. The van der Waals surface area contributed by atoms with E-state index < -0.39 is 0 Å². The summed E-state index contributed by atoms with van der Waals surface area (Å²) in [5, 5.41) is 7.57. The Morgan fingerprint density at radius 1 is 1.36 bits per heavy atom. The molecule has 0 atom stereocenters. The zero-order chi connectivity index (χ0) is 7.54. The largest absolute Gasteiger partial charge is 0.542 e. The van der Waals surface area contributed by atoms with E-state index in [4.69, 9.17) is 5.11 Å². The third-order valence-corrected chi connectivity index (χ3v) is 0.632. The van der Waals surface area contributed by atoms with Gasteiger partial charge in [0.1, 0.15) is 0 Å². The molecule has 0 bridgehead atoms. The van der Waals surface area contributed by atoms with E-state index in [-0.39, 0.29) is 43.1 Å². The number of rotatable bonds is 3. The van der Waals surface area contributed by atoms with Gasteiger partial charge in [0, 0.05) is 26.1 Å². The van der Waals surface area contributed by atoms with Gasteiger partial charge in [0.25, 0.3) is 0 Å². The first-order valence-electron chi connectivity index (χ1n) is 3.29. The molecule has 0 amide bonds. The minimum Gasteiger partial charge on any atom is -0.542 e. The van der Waals surface area contributed by atoms with Gasteiger partial charge in [-0.25, -0.2) is 0 Å². The zero-order valence-corrected chi connectivity index (χ0v) is 12.0. The summed E-state index contributed by atoms with van der Waals surface area (Å²) >= 11 is 0. The summed E-state index contributed by atoms with van der Waals surface area (Å²) < 4.78 is 0. The third kappa shape index (κ3) is 58.7. The minimum atomic E-state index is 0. The Morgan fingerprint density at radius 2 is 1.73 bits per heavy atom. The van der Waals surface area contributed by atoms with Gasteiger partial charge in [0.15, 0.2) is 0 Å². The Hall–Kier alpha value is 0.733. The number of aliphatic hydroxyl groups excluding tert-OH is 1. The molecule has 0 spiro atoms. The maximum Gasteiger partial charge on any atom is 0.0402 e. The van der Waals surface area contributed by atoms with Crippen molar-refractivity contribution in [2.45, 2.75) is 33.1 Å². The van der Waals surface area contributed by atoms with Crippen molar-refractivity contribution in [3.05, 3.63) is 0 Å². The third-order valence-electron chi connectivity index (χ3n) is 0.632. The van der Waals surface area contributed by atoms with E-state index >= 15 is 0 Å². The molecule has 0 saturated carbocycles. The van der Waals surface area contributed by atoms with Gasteiger partial charge in [-0.05, 0) is 6.92 Å². The Bertz CT molecular complexity index is 53.7. The van der Waals surface area contributed by atoms with E-state index in [9.17, 15) is 4.79 Å². The van der Waals surface area contributed by atoms with Crippen molar-refractivity contribution in [1.29, 1.82) is 0 Å². The van der Waals surface area contributed by atoms with Crippen LogP contribution < -0.4 is 0 Å². The topological polar surface area (TPSA) is 37.3 Å². The first kappa shape index (κ1) is 22.6. The molecule has 0 fully saturated rings. The second-order valence-electron chi connectivity index (χ2n) is 1.56. The van der Waals surface area contributed by atoms with E-state index in [1.165, 1.54) is 0 Å². The molecular weight excluding hydrogens is 261 g/mol. The number of hydrogen-bond donors (Lipinski definition) is 1. The Balaban J connectivity index is -0.0000000437. The fourth-order valence-electron chi connectivity index (χ4n) is 0.249. The van der Waals surface area contributed by atoms with Crippen LogP contribution in [0, 0.1) is 0 Å². The van der Waals surface area contributed by atoms with Crippen LogP contribution >= 0.6 is 17.0 Å². The van der Waals surface area contributed by atoms with Crippen molar-refractivity contribution in [2.75, 3.05) is 6.61 Å². The van der Waals surface area contributed by atoms with Gasteiger partial charge < -0.3 is 9.90 Å². The van der Waals surface area contributed by atoms with Crippen LogP contribution in [0.15, 0.2) is 0 Å². The number of aliphatic hydroxyl groups is 1. The fourth-order valence-corrected chi connectivity index (χ4v) is 0.249. The normalized spacial score (nSPS) is 6.09. The van der Waals surface area contributed by atoms with Crippen molar-refractivity contribution in [3.8, 4) is 0 Å². The first-order chi connectivity index (χ1) is 4.33. The van der Waals surface area contributed by atoms with Crippen LogP contribution in [0.5, 0.6) is 0 Å². The fraction of sp³-hybridized carbons (Fsp3) is 0.857. The van der Waals surface area contributed by atoms with Crippen LogP contribution in [-0.4, -0.2) is 18.0 Å². The number of hydrogen-bond acceptors (Lipinski definition) is 2. The van der Waals surface area contributed by atoms with Crippen molar-refractivity contribution in [3.63, 3.8) is 0 Å². The van der Waals surface area contributed by atoms with E-state index in [1.807, 2.05) is 6.29 Å². The summed E-state index contributed by atoms with van der Waals surface area (Å²) in [6.45, 7) is 3.98. The second-order valence-corrected chi connectivity index (χ2v) is 1.56. The van der Waals surface area contributed by atoms with Gasteiger partial charge in [0.05, 0.1) is 0 Å². The van der Waals surface area contributed by atoms with Crippen LogP contribution in [0.4, 0.5) is 0 Å². The quantitative estimate of drug-likeness (QED) is 0.486. The molecule has 11 heavy (non-hydrogen) atoms. The molecule has 66 valence electrons. The molecule has 0 rings (SSSR count). The number of carbonyl (C=O) groups excluding carboxylic acids is 1. The molecule has 0 saturated heterocycles. The van der Waals surface area contributed by atoms with Crippen LogP contribution in [-0.2, 0) is 24.3 Å². The molecule has 0 aliphatic carbocycles. The monoisotopic (exact) mass is 275 g/mol. The zero-order valence-electron chi connectivity index (χ0n) is 7.30. The summed E-state index contributed by atoms with van der Waals surface area (Å²) in [7, 11) is 0. The van der Waals surface area contributed by atoms with Crippen molar-refractivity contribution >= 4 is 23.3 Å². The van der Waals surface area contributed by atoms with Gasteiger partial charge in [-0.15, -0.1) is 17.0 Å². The maximum atomic E-state index is 9.44. The Labute approximate surface area is 92.3 Å². The van der Waals surface area contributed by atoms with E-state index in [0.717, 1.165) is 12.8 Å². The molecule has 0 aliphatic heterocycles. The number of halogens is 1. The molecule has 4 heteroatoms. The first-order valence-corrected chi connectivity index (χ1v) is 3.29. The van der Waals surface area contributed by atoms with Gasteiger partial charge in [-0.2, -0.15) is 6.42 Å². The molecule has 1 N–H and O–H groups in total. The van der Waals surface area contributed by atoms with E-state index in [1.54, 1.807) is 6.92 Å². The van der Waals surface area contributed by atoms with Gasteiger partial charge in [0.2, 0.25) is 0 Å². The summed E-state index contributed by atoms with van der Waals surface area (Å²) in [4.78, 5) is 9.44. The van der Waals surface area contributed by atoms with Gasteiger partial charge in [-0.1, -0.05) is 19.8 Å². The molecule has 0 aromatic rings. The molecule has 0 radical (unpaired) electrons. The second kappa shape index (κ2) is 30.9. The SMILES string of the molecule is Br.CCCC[C-]=O.CCO.[Zn]. The summed E-state index contributed by atoms with van der Waals surface area (Å²) in [5.74, 6) is 0. The van der Waals surface area contributed by atoms with Crippen molar-refractivity contribution < 1.29 is 29.4 Å². The predicted octanol–water partition coefficient (Wildman–Crippen LogP) is 1.86. The molecule has 0 heterocycles. The Kier molecular flexibility index (Phi) is 63.6. The molecule has 0 aromatic carbocycles. The molecule has 0 unspecified atom stereocenters. The molecule has 0 aromatic heterocycles. The van der Waals surface area contributed by atoms with Gasteiger partial charge >= 0.3 is 0 Å². The van der Waals surface area contributed by atoms with Crippen LogP contribution in [0.1, 0.15) is 33.1 Å². The smallest absolute Gasteiger partial charge is 0.0402 e. The van der Waals surface area contributed by atoms with Crippen molar-refractivity contribution in [1.82, 2.24) is 0 Å². The van der Waals surface area contributed by atoms with E-state index in [0.29, 0.717) is 6.42 Å². The average molecular weight is 277 g/mol.